The lowest BCUT2D eigenvalue weighted by Crippen LogP contribution is -2.37. The number of aryl methyl sites for hydroxylation is 1. The molecule has 0 spiro atoms. The van der Waals surface area contributed by atoms with E-state index >= 15 is 0 Å². The first kappa shape index (κ1) is 19.8. The summed E-state index contributed by atoms with van der Waals surface area (Å²) >= 11 is 1.03. The lowest BCUT2D eigenvalue weighted by Gasteiger charge is -2.29. The molecule has 1 N–H and O–H groups in total. The summed E-state index contributed by atoms with van der Waals surface area (Å²) in [5.74, 6) is 1.16. The number of aromatic nitrogens is 3. The standard InChI is InChI=1S/C16H21N5O4S2/c1-3-15-17-16(19-18-15)26-14-5-4-12(10-13(14)21(22)23)27(24,25)20-8-6-11(2)7-9-20/h4-5,10-11H,3,6-9H2,1-2H3,(H,17,18,19). The van der Waals surface area contributed by atoms with Crippen LogP contribution in [-0.2, 0) is 16.4 Å². The Labute approximate surface area is 161 Å². The van der Waals surface area contributed by atoms with Crippen LogP contribution in [0.4, 0.5) is 5.69 Å². The van der Waals surface area contributed by atoms with Crippen molar-refractivity contribution in [2.45, 2.75) is 48.1 Å². The van der Waals surface area contributed by atoms with Crippen LogP contribution in [0.3, 0.4) is 0 Å². The second kappa shape index (κ2) is 7.95. The van der Waals surface area contributed by atoms with Crippen molar-refractivity contribution in [3.8, 4) is 0 Å². The van der Waals surface area contributed by atoms with Gasteiger partial charge >= 0.3 is 0 Å². The summed E-state index contributed by atoms with van der Waals surface area (Å²) in [4.78, 5) is 15.4. The first-order valence-electron chi connectivity index (χ1n) is 8.69. The summed E-state index contributed by atoms with van der Waals surface area (Å²) in [5, 5.41) is 18.6. The molecule has 2 aromatic rings. The van der Waals surface area contributed by atoms with Crippen LogP contribution in [0, 0.1) is 16.0 Å². The SMILES string of the molecule is CCc1nc(Sc2ccc(S(=O)(=O)N3CCC(C)CC3)cc2[N+](=O)[O-])n[nH]1. The highest BCUT2D eigenvalue weighted by Crippen LogP contribution is 2.35. The van der Waals surface area contributed by atoms with Gasteiger partial charge in [-0.25, -0.2) is 13.4 Å². The molecule has 0 bridgehead atoms. The van der Waals surface area contributed by atoms with Crippen molar-refractivity contribution in [3.63, 3.8) is 0 Å². The number of benzene rings is 1. The topological polar surface area (TPSA) is 122 Å². The molecule has 146 valence electrons. The number of hydrogen-bond acceptors (Lipinski definition) is 7. The third kappa shape index (κ3) is 4.30. The molecule has 1 aliphatic rings. The summed E-state index contributed by atoms with van der Waals surface area (Å²) < 4.78 is 27.1. The third-order valence-corrected chi connectivity index (χ3v) is 7.38. The lowest BCUT2D eigenvalue weighted by atomic mass is 10.0. The van der Waals surface area contributed by atoms with E-state index < -0.39 is 14.9 Å². The number of aromatic amines is 1. The molecule has 0 radical (unpaired) electrons. The van der Waals surface area contributed by atoms with Gasteiger partial charge in [-0.15, -0.1) is 5.10 Å². The van der Waals surface area contributed by atoms with Gasteiger partial charge in [-0.1, -0.05) is 13.8 Å². The molecule has 0 amide bonds. The number of nitrogens with zero attached hydrogens (tertiary/aromatic N) is 4. The number of sulfonamides is 1. The lowest BCUT2D eigenvalue weighted by molar-refractivity contribution is -0.388. The fourth-order valence-electron chi connectivity index (χ4n) is 2.84. The Morgan fingerprint density at radius 1 is 1.37 bits per heavy atom. The van der Waals surface area contributed by atoms with Crippen LogP contribution in [0.2, 0.25) is 0 Å². The highest BCUT2D eigenvalue weighted by atomic mass is 32.2. The monoisotopic (exact) mass is 411 g/mol. The van der Waals surface area contributed by atoms with E-state index in [4.69, 9.17) is 0 Å². The molecular formula is C16H21N5O4S2. The molecule has 0 unspecified atom stereocenters. The Bertz CT molecular complexity index is 936. The molecular weight excluding hydrogens is 390 g/mol. The van der Waals surface area contributed by atoms with Gasteiger partial charge in [0.1, 0.15) is 5.82 Å². The van der Waals surface area contributed by atoms with Crippen LogP contribution in [0.25, 0.3) is 0 Å². The minimum Gasteiger partial charge on any atom is -0.262 e. The first-order valence-corrected chi connectivity index (χ1v) is 10.9. The number of nitro groups is 1. The van der Waals surface area contributed by atoms with Crippen LogP contribution in [0.1, 0.15) is 32.5 Å². The molecule has 27 heavy (non-hydrogen) atoms. The Morgan fingerprint density at radius 3 is 2.67 bits per heavy atom. The Kier molecular flexibility index (Phi) is 5.82. The van der Waals surface area contributed by atoms with Crippen molar-refractivity contribution >= 4 is 27.5 Å². The molecule has 2 heterocycles. The summed E-state index contributed by atoms with van der Waals surface area (Å²) in [6, 6.07) is 3.99. The van der Waals surface area contributed by atoms with Gasteiger partial charge in [-0.2, -0.15) is 4.31 Å². The van der Waals surface area contributed by atoms with E-state index in [1.54, 1.807) is 0 Å². The molecule has 0 saturated carbocycles. The van der Waals surface area contributed by atoms with Crippen molar-refractivity contribution in [3.05, 3.63) is 34.1 Å². The van der Waals surface area contributed by atoms with E-state index in [2.05, 4.69) is 22.1 Å². The summed E-state index contributed by atoms with van der Waals surface area (Å²) in [6.45, 7) is 4.88. The minimum absolute atomic E-state index is 0.0580. The van der Waals surface area contributed by atoms with E-state index in [0.29, 0.717) is 41.3 Å². The van der Waals surface area contributed by atoms with Gasteiger partial charge in [0, 0.05) is 25.6 Å². The second-order valence-corrected chi connectivity index (χ2v) is 9.44. The molecule has 1 aromatic heterocycles. The number of piperidine rings is 1. The average molecular weight is 412 g/mol. The van der Waals surface area contributed by atoms with E-state index in [1.165, 1.54) is 16.4 Å². The second-order valence-electron chi connectivity index (χ2n) is 6.49. The fraction of sp³-hybridized carbons (Fsp3) is 0.500. The van der Waals surface area contributed by atoms with Gasteiger partial charge < -0.3 is 0 Å². The highest BCUT2D eigenvalue weighted by Gasteiger charge is 2.30. The fourth-order valence-corrected chi connectivity index (χ4v) is 5.15. The first-order chi connectivity index (χ1) is 12.8. The highest BCUT2D eigenvalue weighted by molar-refractivity contribution is 7.99. The van der Waals surface area contributed by atoms with Crippen LogP contribution in [-0.4, -0.2) is 45.9 Å². The van der Waals surface area contributed by atoms with Crippen molar-refractivity contribution in [1.82, 2.24) is 19.5 Å². The normalized spacial score (nSPS) is 16.5. The number of nitrogens with one attached hydrogen (secondary N) is 1. The molecule has 1 aromatic carbocycles. The smallest absolute Gasteiger partial charge is 0.262 e. The molecule has 1 aliphatic heterocycles. The maximum absolute atomic E-state index is 12.8. The third-order valence-electron chi connectivity index (χ3n) is 4.55. The summed E-state index contributed by atoms with van der Waals surface area (Å²) in [7, 11) is -3.75. The number of H-pyrrole nitrogens is 1. The van der Waals surface area contributed by atoms with Crippen LogP contribution >= 0.6 is 11.8 Å². The van der Waals surface area contributed by atoms with Crippen LogP contribution < -0.4 is 0 Å². The average Bonchev–Trinajstić information content (AvgIpc) is 3.09. The molecule has 0 atom stereocenters. The zero-order valence-corrected chi connectivity index (χ0v) is 16.7. The maximum atomic E-state index is 12.8. The van der Waals surface area contributed by atoms with E-state index in [1.807, 2.05) is 6.92 Å². The number of rotatable bonds is 6. The Morgan fingerprint density at radius 2 is 2.07 bits per heavy atom. The van der Waals surface area contributed by atoms with Gasteiger partial charge in [0.15, 0.2) is 0 Å². The summed E-state index contributed by atoms with van der Waals surface area (Å²) in [5.41, 5.74) is -0.269. The maximum Gasteiger partial charge on any atom is 0.284 e. The number of nitro benzene ring substituents is 1. The largest absolute Gasteiger partial charge is 0.284 e. The van der Waals surface area contributed by atoms with Gasteiger partial charge in [0.25, 0.3) is 5.69 Å². The van der Waals surface area contributed by atoms with Crippen molar-refractivity contribution < 1.29 is 13.3 Å². The predicted octanol–water partition coefficient (Wildman–Crippen LogP) is 2.85. The van der Waals surface area contributed by atoms with Gasteiger partial charge in [-0.05, 0) is 42.7 Å². The van der Waals surface area contributed by atoms with Crippen molar-refractivity contribution in [2.75, 3.05) is 13.1 Å². The van der Waals surface area contributed by atoms with E-state index in [9.17, 15) is 18.5 Å². The van der Waals surface area contributed by atoms with Gasteiger partial charge in [0.2, 0.25) is 15.2 Å². The zero-order chi connectivity index (χ0) is 19.6. The Balaban J connectivity index is 1.90. The molecule has 3 rings (SSSR count). The van der Waals surface area contributed by atoms with Crippen LogP contribution in [0.5, 0.6) is 0 Å². The van der Waals surface area contributed by atoms with E-state index in [-0.39, 0.29) is 10.6 Å². The molecule has 1 saturated heterocycles. The molecule has 11 heteroatoms. The molecule has 0 aliphatic carbocycles. The van der Waals surface area contributed by atoms with Gasteiger partial charge in [0.05, 0.1) is 14.7 Å². The molecule has 9 nitrogen and oxygen atoms in total. The van der Waals surface area contributed by atoms with E-state index in [0.717, 1.165) is 30.7 Å². The minimum atomic E-state index is -3.75. The van der Waals surface area contributed by atoms with Crippen molar-refractivity contribution in [1.29, 1.82) is 0 Å². The number of hydrogen-bond donors (Lipinski definition) is 1. The zero-order valence-electron chi connectivity index (χ0n) is 15.1. The Hall–Kier alpha value is -1.98. The quantitative estimate of drug-likeness (QED) is 0.573. The van der Waals surface area contributed by atoms with Gasteiger partial charge in [-0.3, -0.25) is 15.2 Å². The summed E-state index contributed by atoms with van der Waals surface area (Å²) in [6.07, 6.45) is 2.25. The van der Waals surface area contributed by atoms with Crippen molar-refractivity contribution in [2.24, 2.45) is 5.92 Å². The van der Waals surface area contributed by atoms with Crippen LogP contribution in [0.15, 0.2) is 33.1 Å². The predicted molar refractivity (Wildman–Crippen MR) is 100 cm³/mol. The molecule has 1 fully saturated rings.